The van der Waals surface area contributed by atoms with Gasteiger partial charge < -0.3 is 5.73 Å². The van der Waals surface area contributed by atoms with Crippen LogP contribution >= 0.6 is 0 Å². The number of fused-ring (bicyclic) bond motifs is 1. The molecule has 0 spiro atoms. The van der Waals surface area contributed by atoms with E-state index in [1.165, 1.54) is 23.3 Å². The molecule has 0 bridgehead atoms. The van der Waals surface area contributed by atoms with E-state index in [1.807, 2.05) is 6.07 Å². The van der Waals surface area contributed by atoms with Gasteiger partial charge in [0.25, 0.3) is 0 Å². The predicted octanol–water partition coefficient (Wildman–Crippen LogP) is 4.74. The van der Waals surface area contributed by atoms with E-state index in [1.54, 1.807) is 0 Å². The first-order valence-electron chi connectivity index (χ1n) is 8.67. The summed E-state index contributed by atoms with van der Waals surface area (Å²) in [6.45, 7) is 4.40. The van der Waals surface area contributed by atoms with Crippen LogP contribution in [0.25, 0.3) is 0 Å². The van der Waals surface area contributed by atoms with Crippen molar-refractivity contribution >= 4 is 5.91 Å². The summed E-state index contributed by atoms with van der Waals surface area (Å²) in [4.78, 5) is 11.9. The molecule has 26 heavy (non-hydrogen) atoms. The molecule has 0 heterocycles. The van der Waals surface area contributed by atoms with Gasteiger partial charge in [-0.1, -0.05) is 50.2 Å². The Bertz CT molecular complexity index is 839. The second kappa shape index (κ2) is 6.45. The van der Waals surface area contributed by atoms with E-state index >= 15 is 0 Å². The maximum Gasteiger partial charge on any atom is 0.416 e. The Morgan fingerprint density at radius 2 is 1.92 bits per heavy atom. The molecule has 3 rings (SSSR count). The van der Waals surface area contributed by atoms with Crippen molar-refractivity contribution in [2.45, 2.75) is 50.6 Å². The lowest BCUT2D eigenvalue weighted by molar-refractivity contribution is -0.137. The molecule has 2 aromatic carbocycles. The highest BCUT2D eigenvalue weighted by atomic mass is 19.4. The largest absolute Gasteiger partial charge is 0.416 e. The third-order valence-corrected chi connectivity index (χ3v) is 5.32. The summed E-state index contributed by atoms with van der Waals surface area (Å²) in [5.41, 5.74) is 8.65. The number of nitrogens with two attached hydrogens (primary N) is 1. The van der Waals surface area contributed by atoms with Crippen molar-refractivity contribution in [2.75, 3.05) is 0 Å². The SMILES string of the molecule is CC1(C)CCc2cc(CC(C(N)=O)c3cccc(C(F)(F)F)c3)ccc21. The van der Waals surface area contributed by atoms with E-state index in [4.69, 9.17) is 5.73 Å². The van der Waals surface area contributed by atoms with Gasteiger partial charge in [0.05, 0.1) is 11.5 Å². The molecule has 0 saturated heterocycles. The van der Waals surface area contributed by atoms with Gasteiger partial charge in [-0.05, 0) is 53.0 Å². The molecule has 2 aromatic rings. The van der Waals surface area contributed by atoms with Crippen LogP contribution in [0.3, 0.4) is 0 Å². The Labute approximate surface area is 151 Å². The molecule has 2 N–H and O–H groups in total. The molecular formula is C21H22F3NO. The number of aryl methyl sites for hydroxylation is 1. The van der Waals surface area contributed by atoms with Gasteiger partial charge in [-0.3, -0.25) is 4.79 Å². The molecule has 0 fully saturated rings. The topological polar surface area (TPSA) is 43.1 Å². The fourth-order valence-corrected chi connectivity index (χ4v) is 3.77. The Kier molecular flexibility index (Phi) is 4.59. The van der Waals surface area contributed by atoms with Gasteiger partial charge in [0.1, 0.15) is 0 Å². The summed E-state index contributed by atoms with van der Waals surface area (Å²) < 4.78 is 38.9. The van der Waals surface area contributed by atoms with Crippen LogP contribution in [0.4, 0.5) is 13.2 Å². The number of hydrogen-bond donors (Lipinski definition) is 1. The molecule has 5 heteroatoms. The minimum Gasteiger partial charge on any atom is -0.369 e. The average Bonchev–Trinajstić information content (AvgIpc) is 2.86. The number of hydrogen-bond acceptors (Lipinski definition) is 1. The highest BCUT2D eigenvalue weighted by molar-refractivity contribution is 5.82. The van der Waals surface area contributed by atoms with Crippen molar-refractivity contribution in [3.05, 3.63) is 70.3 Å². The van der Waals surface area contributed by atoms with Crippen molar-refractivity contribution in [3.8, 4) is 0 Å². The highest BCUT2D eigenvalue weighted by Gasteiger charge is 2.32. The zero-order chi connectivity index (χ0) is 19.1. The number of primary amides is 1. The van der Waals surface area contributed by atoms with Crippen LogP contribution in [0.15, 0.2) is 42.5 Å². The number of amides is 1. The smallest absolute Gasteiger partial charge is 0.369 e. The molecule has 0 radical (unpaired) electrons. The molecule has 2 nitrogen and oxygen atoms in total. The van der Waals surface area contributed by atoms with E-state index in [0.717, 1.165) is 30.5 Å². The number of benzene rings is 2. The molecule has 1 aliphatic rings. The first-order chi connectivity index (χ1) is 12.1. The van der Waals surface area contributed by atoms with Crippen LogP contribution in [0.1, 0.15) is 54.0 Å². The molecule has 0 aromatic heterocycles. The molecule has 0 saturated carbocycles. The van der Waals surface area contributed by atoms with Crippen molar-refractivity contribution in [2.24, 2.45) is 5.73 Å². The van der Waals surface area contributed by atoms with Crippen LogP contribution in [-0.4, -0.2) is 5.91 Å². The second-order valence-corrected chi connectivity index (χ2v) is 7.66. The third kappa shape index (κ3) is 3.62. The quantitative estimate of drug-likeness (QED) is 0.840. The summed E-state index contributed by atoms with van der Waals surface area (Å²) in [5, 5.41) is 0. The molecule has 0 aliphatic heterocycles. The van der Waals surface area contributed by atoms with Crippen LogP contribution in [0, 0.1) is 0 Å². The minimum absolute atomic E-state index is 0.137. The first kappa shape index (κ1) is 18.5. The fraction of sp³-hybridized carbons (Fsp3) is 0.381. The number of halogens is 3. The Morgan fingerprint density at radius 1 is 1.19 bits per heavy atom. The van der Waals surface area contributed by atoms with Gasteiger partial charge in [0.2, 0.25) is 5.91 Å². The summed E-state index contributed by atoms with van der Waals surface area (Å²) >= 11 is 0. The van der Waals surface area contributed by atoms with Crippen LogP contribution in [0.2, 0.25) is 0 Å². The second-order valence-electron chi connectivity index (χ2n) is 7.66. The van der Waals surface area contributed by atoms with E-state index in [0.29, 0.717) is 12.0 Å². The maximum absolute atomic E-state index is 13.0. The van der Waals surface area contributed by atoms with E-state index in [2.05, 4.69) is 26.0 Å². The predicted molar refractivity (Wildman–Crippen MR) is 94.9 cm³/mol. The molecule has 1 atom stereocenters. The monoisotopic (exact) mass is 361 g/mol. The van der Waals surface area contributed by atoms with Gasteiger partial charge >= 0.3 is 6.18 Å². The van der Waals surface area contributed by atoms with E-state index in [-0.39, 0.29) is 5.41 Å². The third-order valence-electron chi connectivity index (χ3n) is 5.32. The number of carbonyl (C=O) groups is 1. The summed E-state index contributed by atoms with van der Waals surface area (Å²) in [6.07, 6.45) is -2.11. The van der Waals surface area contributed by atoms with Crippen LogP contribution in [0.5, 0.6) is 0 Å². The molecule has 1 unspecified atom stereocenters. The lowest BCUT2D eigenvalue weighted by atomic mass is 9.85. The lowest BCUT2D eigenvalue weighted by Gasteiger charge is -2.20. The zero-order valence-electron chi connectivity index (χ0n) is 14.9. The van der Waals surface area contributed by atoms with Gasteiger partial charge in [-0.15, -0.1) is 0 Å². The Balaban J connectivity index is 1.90. The molecule has 1 aliphatic carbocycles. The van der Waals surface area contributed by atoms with E-state index in [9.17, 15) is 18.0 Å². The van der Waals surface area contributed by atoms with Gasteiger partial charge in [0, 0.05) is 0 Å². The lowest BCUT2D eigenvalue weighted by Crippen LogP contribution is -2.24. The zero-order valence-corrected chi connectivity index (χ0v) is 14.9. The standard InChI is InChI=1S/C21H22F3NO/c1-20(2)9-8-15-10-13(6-7-18(15)20)11-17(19(25)26)14-4-3-5-16(12-14)21(22,23)24/h3-7,10,12,17H,8-9,11H2,1-2H3,(H2,25,26). The van der Waals surface area contributed by atoms with E-state index < -0.39 is 23.6 Å². The summed E-state index contributed by atoms with van der Waals surface area (Å²) in [5.74, 6) is -1.41. The molecular weight excluding hydrogens is 339 g/mol. The maximum atomic E-state index is 13.0. The van der Waals surface area contributed by atoms with Gasteiger partial charge in [0.15, 0.2) is 0 Å². The van der Waals surface area contributed by atoms with Crippen molar-refractivity contribution in [3.63, 3.8) is 0 Å². The molecule has 138 valence electrons. The number of carbonyl (C=O) groups excluding carboxylic acids is 1. The van der Waals surface area contributed by atoms with Crippen molar-refractivity contribution in [1.29, 1.82) is 0 Å². The first-order valence-corrected chi connectivity index (χ1v) is 8.67. The fourth-order valence-electron chi connectivity index (χ4n) is 3.77. The normalized spacial score (nSPS) is 17.0. The highest BCUT2D eigenvalue weighted by Crippen LogP contribution is 2.39. The van der Waals surface area contributed by atoms with Crippen LogP contribution < -0.4 is 5.73 Å². The number of alkyl halides is 3. The van der Waals surface area contributed by atoms with Crippen molar-refractivity contribution < 1.29 is 18.0 Å². The summed E-state index contributed by atoms with van der Waals surface area (Å²) in [7, 11) is 0. The van der Waals surface area contributed by atoms with Crippen molar-refractivity contribution in [1.82, 2.24) is 0 Å². The van der Waals surface area contributed by atoms with Crippen LogP contribution in [-0.2, 0) is 29.2 Å². The van der Waals surface area contributed by atoms with Gasteiger partial charge in [-0.2, -0.15) is 13.2 Å². The molecule has 1 amide bonds. The number of rotatable bonds is 4. The Hall–Kier alpha value is -2.30. The minimum atomic E-state index is -4.45. The average molecular weight is 361 g/mol. The summed E-state index contributed by atoms with van der Waals surface area (Å²) in [6, 6.07) is 11.0. The Morgan fingerprint density at radius 3 is 2.58 bits per heavy atom. The van der Waals surface area contributed by atoms with Gasteiger partial charge in [-0.25, -0.2) is 0 Å².